The van der Waals surface area contributed by atoms with E-state index in [1.807, 2.05) is 0 Å². The van der Waals surface area contributed by atoms with Crippen molar-refractivity contribution in [3.63, 3.8) is 0 Å². The molecule has 0 atom stereocenters. The smallest absolute Gasteiger partial charge is 0.274 e. The van der Waals surface area contributed by atoms with Gasteiger partial charge in [0.15, 0.2) is 0 Å². The number of rotatable bonds is 3. The molecule has 22 heavy (non-hydrogen) atoms. The molecule has 0 unspecified atom stereocenters. The first-order chi connectivity index (χ1) is 10.2. The van der Waals surface area contributed by atoms with E-state index in [-0.39, 0.29) is 36.9 Å². The molecule has 0 spiro atoms. The van der Waals surface area contributed by atoms with Crippen molar-refractivity contribution < 1.29 is 22.8 Å². The second kappa shape index (κ2) is 5.87. The highest BCUT2D eigenvalue weighted by Gasteiger charge is 2.43. The first-order valence-corrected chi connectivity index (χ1v) is 7.04. The SMILES string of the molecule is CON(C)C(=O)c1cnc(C2(C)CCC(F)(F)CC2)c(F)c1. The van der Waals surface area contributed by atoms with Crippen LogP contribution in [-0.4, -0.2) is 36.0 Å². The minimum absolute atomic E-state index is 0.0512. The van der Waals surface area contributed by atoms with Gasteiger partial charge < -0.3 is 0 Å². The number of hydrogen-bond acceptors (Lipinski definition) is 3. The average molecular weight is 316 g/mol. The number of alkyl halides is 2. The van der Waals surface area contributed by atoms with Gasteiger partial charge in [-0.1, -0.05) is 6.92 Å². The summed E-state index contributed by atoms with van der Waals surface area (Å²) in [6, 6.07) is 1.08. The quantitative estimate of drug-likeness (QED) is 0.803. The highest BCUT2D eigenvalue weighted by Crippen LogP contribution is 2.45. The summed E-state index contributed by atoms with van der Waals surface area (Å²) in [6.45, 7) is 1.73. The van der Waals surface area contributed by atoms with Crippen molar-refractivity contribution in [3.05, 3.63) is 29.3 Å². The van der Waals surface area contributed by atoms with Gasteiger partial charge in [-0.3, -0.25) is 14.6 Å². The van der Waals surface area contributed by atoms with E-state index in [1.54, 1.807) is 6.92 Å². The summed E-state index contributed by atoms with van der Waals surface area (Å²) < 4.78 is 40.9. The van der Waals surface area contributed by atoms with Crippen molar-refractivity contribution in [3.8, 4) is 0 Å². The highest BCUT2D eigenvalue weighted by molar-refractivity contribution is 5.93. The summed E-state index contributed by atoms with van der Waals surface area (Å²) in [7, 11) is 2.72. The number of aromatic nitrogens is 1. The number of nitrogens with zero attached hydrogens (tertiary/aromatic N) is 2. The van der Waals surface area contributed by atoms with Crippen LogP contribution < -0.4 is 0 Å². The number of hydroxylamine groups is 2. The topological polar surface area (TPSA) is 42.4 Å². The summed E-state index contributed by atoms with van der Waals surface area (Å²) in [4.78, 5) is 20.7. The molecule has 1 aromatic rings. The van der Waals surface area contributed by atoms with E-state index in [2.05, 4.69) is 4.98 Å². The Hall–Kier alpha value is -1.63. The van der Waals surface area contributed by atoms with Crippen LogP contribution in [0.2, 0.25) is 0 Å². The predicted octanol–water partition coefficient (Wildman–Crippen LogP) is 3.32. The van der Waals surface area contributed by atoms with Crippen molar-refractivity contribution in [2.45, 2.75) is 43.9 Å². The highest BCUT2D eigenvalue weighted by atomic mass is 19.3. The standard InChI is InChI=1S/C15H19F3N2O2/c1-14(4-6-15(17,18)7-5-14)12-11(16)8-10(9-19-12)13(21)20(2)22-3/h8-9H,4-7H2,1-3H3. The molecule has 0 radical (unpaired) electrons. The zero-order chi connectivity index (χ0) is 16.5. The van der Waals surface area contributed by atoms with Gasteiger partial charge in [0.25, 0.3) is 5.91 Å². The number of halogens is 3. The van der Waals surface area contributed by atoms with Gasteiger partial charge >= 0.3 is 0 Å². The molecule has 0 aromatic carbocycles. The van der Waals surface area contributed by atoms with Gasteiger partial charge in [0.1, 0.15) is 5.82 Å². The molecule has 1 amide bonds. The lowest BCUT2D eigenvalue weighted by atomic mass is 9.71. The fraction of sp³-hybridized carbons (Fsp3) is 0.600. The lowest BCUT2D eigenvalue weighted by Crippen LogP contribution is -2.36. The fourth-order valence-electron chi connectivity index (χ4n) is 2.67. The second-order valence-corrected chi connectivity index (χ2v) is 5.96. The zero-order valence-corrected chi connectivity index (χ0v) is 12.8. The summed E-state index contributed by atoms with van der Waals surface area (Å²) in [5.41, 5.74) is -0.546. The molecule has 2 rings (SSSR count). The predicted molar refractivity (Wildman–Crippen MR) is 74.1 cm³/mol. The summed E-state index contributed by atoms with van der Waals surface area (Å²) in [5, 5.41) is 0.957. The molecule has 0 N–H and O–H groups in total. The molecule has 0 bridgehead atoms. The third-order valence-electron chi connectivity index (χ3n) is 4.30. The van der Waals surface area contributed by atoms with Crippen LogP contribution in [0.4, 0.5) is 13.2 Å². The molecular weight excluding hydrogens is 297 g/mol. The van der Waals surface area contributed by atoms with Gasteiger partial charge in [-0.15, -0.1) is 0 Å². The molecule has 1 fully saturated rings. The minimum Gasteiger partial charge on any atom is -0.274 e. The molecule has 1 aliphatic carbocycles. The Morgan fingerprint density at radius 2 is 1.91 bits per heavy atom. The van der Waals surface area contributed by atoms with Gasteiger partial charge in [-0.25, -0.2) is 18.2 Å². The first-order valence-electron chi connectivity index (χ1n) is 7.04. The van der Waals surface area contributed by atoms with Crippen LogP contribution in [0.5, 0.6) is 0 Å². The van der Waals surface area contributed by atoms with E-state index in [9.17, 15) is 18.0 Å². The fourth-order valence-corrected chi connectivity index (χ4v) is 2.67. The molecular formula is C15H19F3N2O2. The van der Waals surface area contributed by atoms with Crippen LogP contribution in [0.3, 0.4) is 0 Å². The lowest BCUT2D eigenvalue weighted by Gasteiger charge is -2.36. The van der Waals surface area contributed by atoms with Crippen molar-refractivity contribution in [2.75, 3.05) is 14.2 Å². The van der Waals surface area contributed by atoms with Crippen molar-refractivity contribution in [2.24, 2.45) is 0 Å². The Morgan fingerprint density at radius 1 is 1.32 bits per heavy atom. The maximum atomic E-state index is 14.3. The molecule has 0 saturated heterocycles. The molecule has 7 heteroatoms. The number of pyridine rings is 1. The first kappa shape index (κ1) is 16.7. The Kier molecular flexibility index (Phi) is 4.47. The van der Waals surface area contributed by atoms with Crippen LogP contribution in [-0.2, 0) is 10.3 Å². The van der Waals surface area contributed by atoms with Crippen molar-refractivity contribution in [1.82, 2.24) is 10.0 Å². The van der Waals surface area contributed by atoms with Crippen LogP contribution in [0, 0.1) is 5.82 Å². The van der Waals surface area contributed by atoms with E-state index in [0.29, 0.717) is 0 Å². The van der Waals surface area contributed by atoms with Crippen LogP contribution in [0.15, 0.2) is 12.3 Å². The molecule has 1 heterocycles. The Bertz CT molecular complexity index is 568. The van der Waals surface area contributed by atoms with Gasteiger partial charge in [0.2, 0.25) is 5.92 Å². The van der Waals surface area contributed by atoms with Crippen LogP contribution >= 0.6 is 0 Å². The summed E-state index contributed by atoms with van der Waals surface area (Å²) in [5.74, 6) is -3.86. The van der Waals surface area contributed by atoms with E-state index in [0.717, 1.165) is 11.1 Å². The number of carbonyl (C=O) groups is 1. The molecule has 1 aliphatic rings. The van der Waals surface area contributed by atoms with Gasteiger partial charge in [0, 0.05) is 31.5 Å². The molecule has 1 aromatic heterocycles. The van der Waals surface area contributed by atoms with Gasteiger partial charge in [0.05, 0.1) is 18.4 Å². The number of hydrogen-bond donors (Lipinski definition) is 0. The Morgan fingerprint density at radius 3 is 2.41 bits per heavy atom. The summed E-state index contributed by atoms with van der Waals surface area (Å²) >= 11 is 0. The maximum absolute atomic E-state index is 14.3. The van der Waals surface area contributed by atoms with Crippen molar-refractivity contribution in [1.29, 1.82) is 0 Å². The van der Waals surface area contributed by atoms with Crippen LogP contribution in [0.1, 0.15) is 48.7 Å². The molecule has 4 nitrogen and oxygen atoms in total. The molecule has 1 saturated carbocycles. The maximum Gasteiger partial charge on any atom is 0.278 e. The Labute approximate surface area is 127 Å². The molecule has 0 aliphatic heterocycles. The van der Waals surface area contributed by atoms with E-state index < -0.39 is 23.1 Å². The van der Waals surface area contributed by atoms with E-state index >= 15 is 0 Å². The number of amides is 1. The van der Waals surface area contributed by atoms with Crippen molar-refractivity contribution >= 4 is 5.91 Å². The van der Waals surface area contributed by atoms with E-state index in [1.165, 1.54) is 20.4 Å². The van der Waals surface area contributed by atoms with Crippen LogP contribution in [0.25, 0.3) is 0 Å². The molecule has 122 valence electrons. The number of carbonyl (C=O) groups excluding carboxylic acids is 1. The average Bonchev–Trinajstić information content (AvgIpc) is 2.49. The second-order valence-electron chi connectivity index (χ2n) is 5.96. The normalized spacial score (nSPS) is 19.7. The van der Waals surface area contributed by atoms with Gasteiger partial charge in [-0.2, -0.15) is 0 Å². The summed E-state index contributed by atoms with van der Waals surface area (Å²) in [6.07, 6.45) is 1.02. The van der Waals surface area contributed by atoms with E-state index in [4.69, 9.17) is 4.84 Å². The minimum atomic E-state index is -2.69. The largest absolute Gasteiger partial charge is 0.278 e. The third kappa shape index (κ3) is 3.24. The lowest BCUT2D eigenvalue weighted by molar-refractivity contribution is -0.0757. The monoisotopic (exact) mass is 316 g/mol. The van der Waals surface area contributed by atoms with Gasteiger partial charge in [-0.05, 0) is 18.9 Å². The zero-order valence-electron chi connectivity index (χ0n) is 12.8. The third-order valence-corrected chi connectivity index (χ3v) is 4.30. The Balaban J connectivity index is 2.25.